The molecule has 0 aliphatic carbocycles. The third-order valence-corrected chi connectivity index (χ3v) is 2.51. The highest BCUT2D eigenvalue weighted by molar-refractivity contribution is 6.34. The molecule has 0 aromatic heterocycles. The summed E-state index contributed by atoms with van der Waals surface area (Å²) >= 11 is 11.6. The lowest BCUT2D eigenvalue weighted by Crippen LogP contribution is -2.02. The molecule has 0 spiro atoms. The summed E-state index contributed by atoms with van der Waals surface area (Å²) in [7, 11) is 0. The molecule has 17 heavy (non-hydrogen) atoms. The molecule has 0 fully saturated rings. The molecule has 92 valence electrons. The average molecular weight is 275 g/mol. The van der Waals surface area contributed by atoms with Gasteiger partial charge in [-0.15, -0.1) is 0 Å². The van der Waals surface area contributed by atoms with Crippen molar-refractivity contribution in [1.29, 1.82) is 0 Å². The fraction of sp³-hybridized carbons (Fsp3) is 0.250. The zero-order valence-corrected chi connectivity index (χ0v) is 10.8. The fourth-order valence-electron chi connectivity index (χ4n) is 1.23. The number of ether oxygens (including phenoxy) is 1. The first kappa shape index (κ1) is 13.9. The fourth-order valence-corrected chi connectivity index (χ4v) is 1.74. The highest BCUT2D eigenvalue weighted by Crippen LogP contribution is 2.24. The Morgan fingerprint density at radius 1 is 1.35 bits per heavy atom. The van der Waals surface area contributed by atoms with Gasteiger partial charge in [0.15, 0.2) is 0 Å². The van der Waals surface area contributed by atoms with Crippen LogP contribution in [0.5, 0.6) is 5.75 Å². The minimum atomic E-state index is -0.930. The van der Waals surface area contributed by atoms with Crippen LogP contribution in [0.4, 0.5) is 0 Å². The quantitative estimate of drug-likeness (QED) is 0.831. The van der Waals surface area contributed by atoms with Gasteiger partial charge in [0.1, 0.15) is 12.4 Å². The first-order valence-corrected chi connectivity index (χ1v) is 5.79. The molecule has 0 aliphatic rings. The van der Waals surface area contributed by atoms with Gasteiger partial charge in [0, 0.05) is 15.6 Å². The van der Waals surface area contributed by atoms with E-state index in [2.05, 4.69) is 0 Å². The molecule has 0 radical (unpaired) electrons. The second-order valence-corrected chi connectivity index (χ2v) is 4.18. The molecule has 0 saturated carbocycles. The number of rotatable bonds is 5. The van der Waals surface area contributed by atoms with E-state index >= 15 is 0 Å². The van der Waals surface area contributed by atoms with Crippen LogP contribution in [0.25, 0.3) is 0 Å². The van der Waals surface area contributed by atoms with Crippen LogP contribution >= 0.6 is 23.2 Å². The normalized spacial score (nSPS) is 11.4. The zero-order chi connectivity index (χ0) is 12.8. The first-order valence-electron chi connectivity index (χ1n) is 5.04. The number of hydrogen-bond donors (Lipinski definition) is 1. The Hall–Kier alpha value is -1.19. The second-order valence-electron chi connectivity index (χ2n) is 3.30. The summed E-state index contributed by atoms with van der Waals surface area (Å²) in [5, 5.41) is 9.75. The van der Waals surface area contributed by atoms with Crippen LogP contribution in [-0.2, 0) is 4.79 Å². The minimum Gasteiger partial charge on any atom is -0.489 e. The van der Waals surface area contributed by atoms with Crippen molar-refractivity contribution in [3.8, 4) is 5.75 Å². The van der Waals surface area contributed by atoms with Crippen LogP contribution in [0, 0.1) is 0 Å². The number of carbonyl (C=O) groups is 1. The van der Waals surface area contributed by atoms with Gasteiger partial charge in [-0.25, -0.2) is 4.79 Å². The lowest BCUT2D eigenvalue weighted by Gasteiger charge is -2.05. The van der Waals surface area contributed by atoms with E-state index in [1.807, 2.05) is 0 Å². The van der Waals surface area contributed by atoms with Crippen molar-refractivity contribution >= 4 is 29.2 Å². The van der Waals surface area contributed by atoms with Crippen molar-refractivity contribution in [2.45, 2.75) is 13.3 Å². The standard InChI is InChI=1S/C12H12Cl2O3/c1-2-8(12(15)16)3-4-17-11-6-9(13)5-10(14)7-11/h3,5-7H,2,4H2,1H3,(H,15,16). The maximum atomic E-state index is 10.7. The van der Waals surface area contributed by atoms with E-state index in [-0.39, 0.29) is 6.61 Å². The van der Waals surface area contributed by atoms with E-state index in [4.69, 9.17) is 33.0 Å². The van der Waals surface area contributed by atoms with Crippen LogP contribution in [0.1, 0.15) is 13.3 Å². The Kier molecular flexibility index (Phi) is 5.32. The van der Waals surface area contributed by atoms with Gasteiger partial charge in [-0.1, -0.05) is 30.1 Å². The summed E-state index contributed by atoms with van der Waals surface area (Å²) in [5.74, 6) is -0.417. The van der Waals surface area contributed by atoms with Crippen molar-refractivity contribution in [3.63, 3.8) is 0 Å². The van der Waals surface area contributed by atoms with Crippen LogP contribution in [0.3, 0.4) is 0 Å². The summed E-state index contributed by atoms with van der Waals surface area (Å²) < 4.78 is 5.34. The predicted molar refractivity (Wildman–Crippen MR) is 68.0 cm³/mol. The molecule has 0 saturated heterocycles. The summed E-state index contributed by atoms with van der Waals surface area (Å²) in [6.07, 6.45) is 1.98. The largest absolute Gasteiger partial charge is 0.489 e. The number of carboxylic acid groups (broad SMARTS) is 1. The molecule has 0 amide bonds. The maximum Gasteiger partial charge on any atom is 0.331 e. The summed E-state index contributed by atoms with van der Waals surface area (Å²) in [6.45, 7) is 1.95. The van der Waals surface area contributed by atoms with E-state index in [0.29, 0.717) is 27.8 Å². The topological polar surface area (TPSA) is 46.5 Å². The first-order chi connectivity index (χ1) is 8.02. The molecular weight excluding hydrogens is 263 g/mol. The van der Waals surface area contributed by atoms with Crippen molar-refractivity contribution in [3.05, 3.63) is 39.9 Å². The SMILES string of the molecule is CCC(=CCOc1cc(Cl)cc(Cl)c1)C(=O)O. The van der Waals surface area contributed by atoms with Gasteiger partial charge in [-0.2, -0.15) is 0 Å². The molecule has 0 aliphatic heterocycles. The number of aliphatic carboxylic acids is 1. The van der Waals surface area contributed by atoms with Crippen molar-refractivity contribution < 1.29 is 14.6 Å². The van der Waals surface area contributed by atoms with Gasteiger partial charge in [0.05, 0.1) is 0 Å². The number of hydrogen-bond acceptors (Lipinski definition) is 2. The minimum absolute atomic E-state index is 0.173. The molecule has 0 unspecified atom stereocenters. The van der Waals surface area contributed by atoms with Gasteiger partial charge in [0.2, 0.25) is 0 Å². The molecule has 0 bridgehead atoms. The molecule has 1 rings (SSSR count). The van der Waals surface area contributed by atoms with E-state index in [1.165, 1.54) is 6.08 Å². The molecule has 5 heteroatoms. The van der Waals surface area contributed by atoms with Gasteiger partial charge in [0.25, 0.3) is 0 Å². The van der Waals surface area contributed by atoms with Crippen molar-refractivity contribution in [1.82, 2.24) is 0 Å². The lowest BCUT2D eigenvalue weighted by molar-refractivity contribution is -0.132. The smallest absolute Gasteiger partial charge is 0.331 e. The Morgan fingerprint density at radius 3 is 2.41 bits per heavy atom. The Balaban J connectivity index is 2.64. The monoisotopic (exact) mass is 274 g/mol. The maximum absolute atomic E-state index is 10.7. The zero-order valence-electron chi connectivity index (χ0n) is 9.24. The van der Waals surface area contributed by atoms with E-state index in [0.717, 1.165) is 0 Å². The Bertz CT molecular complexity index is 421. The van der Waals surface area contributed by atoms with E-state index < -0.39 is 5.97 Å². The molecule has 0 atom stereocenters. The number of carboxylic acids is 1. The van der Waals surface area contributed by atoms with Gasteiger partial charge >= 0.3 is 5.97 Å². The van der Waals surface area contributed by atoms with Crippen molar-refractivity contribution in [2.75, 3.05) is 6.61 Å². The molecule has 0 heterocycles. The molecular formula is C12H12Cl2O3. The van der Waals surface area contributed by atoms with Gasteiger partial charge in [-0.05, 0) is 30.7 Å². The molecule has 1 N–H and O–H groups in total. The van der Waals surface area contributed by atoms with E-state index in [9.17, 15) is 4.79 Å². The van der Waals surface area contributed by atoms with Gasteiger partial charge < -0.3 is 9.84 Å². The Labute approximate surface area is 110 Å². The molecule has 1 aromatic carbocycles. The summed E-state index contributed by atoms with van der Waals surface area (Å²) in [5.41, 5.74) is 0.318. The highest BCUT2D eigenvalue weighted by Gasteiger charge is 2.03. The summed E-state index contributed by atoms with van der Waals surface area (Å²) in [6, 6.07) is 4.84. The number of halogens is 2. The third kappa shape index (κ3) is 4.67. The highest BCUT2D eigenvalue weighted by atomic mass is 35.5. The van der Waals surface area contributed by atoms with Crippen molar-refractivity contribution in [2.24, 2.45) is 0 Å². The van der Waals surface area contributed by atoms with Crippen LogP contribution in [-0.4, -0.2) is 17.7 Å². The second kappa shape index (κ2) is 6.52. The van der Waals surface area contributed by atoms with Crippen LogP contribution in [0.15, 0.2) is 29.8 Å². The van der Waals surface area contributed by atoms with Crippen LogP contribution in [0.2, 0.25) is 10.0 Å². The lowest BCUT2D eigenvalue weighted by atomic mass is 10.2. The molecule has 1 aromatic rings. The number of benzene rings is 1. The van der Waals surface area contributed by atoms with Gasteiger partial charge in [-0.3, -0.25) is 0 Å². The van der Waals surface area contributed by atoms with Crippen LogP contribution < -0.4 is 4.74 Å². The third-order valence-electron chi connectivity index (χ3n) is 2.07. The van der Waals surface area contributed by atoms with E-state index in [1.54, 1.807) is 25.1 Å². The summed E-state index contributed by atoms with van der Waals surface area (Å²) in [4.78, 5) is 10.7. The predicted octanol–water partition coefficient (Wildman–Crippen LogP) is 3.79. The molecule has 3 nitrogen and oxygen atoms in total. The Morgan fingerprint density at radius 2 is 1.94 bits per heavy atom. The average Bonchev–Trinajstić information content (AvgIpc) is 2.22.